The Balaban J connectivity index is 2.05. The van der Waals surface area contributed by atoms with Crippen LogP contribution in [-0.4, -0.2) is 27.5 Å². The summed E-state index contributed by atoms with van der Waals surface area (Å²) in [5, 5.41) is 5.39. The molecule has 0 aromatic heterocycles. The van der Waals surface area contributed by atoms with Gasteiger partial charge in [-0.2, -0.15) is 0 Å². The zero-order valence-corrected chi connectivity index (χ0v) is 13.2. The molecule has 0 aliphatic carbocycles. The summed E-state index contributed by atoms with van der Waals surface area (Å²) in [6.07, 6.45) is 0. The van der Waals surface area contributed by atoms with Gasteiger partial charge in [-0.15, -0.1) is 0 Å². The molecule has 5 nitrogen and oxygen atoms in total. The average molecular weight is 344 g/mol. The van der Waals surface area contributed by atoms with E-state index in [-0.39, 0.29) is 11.8 Å². The second kappa shape index (κ2) is 6.95. The van der Waals surface area contributed by atoms with Crippen molar-refractivity contribution in [3.8, 4) is 0 Å². The van der Waals surface area contributed by atoms with Crippen LogP contribution in [0.1, 0.15) is 17.3 Å². The molecule has 0 radical (unpaired) electrons. The van der Waals surface area contributed by atoms with E-state index in [1.54, 1.807) is 48.5 Å². The fourth-order valence-electron chi connectivity index (χ4n) is 1.72. The van der Waals surface area contributed by atoms with Crippen molar-refractivity contribution in [3.63, 3.8) is 0 Å². The molecule has 6 heteroatoms. The summed E-state index contributed by atoms with van der Waals surface area (Å²) < 4.78 is 11.5. The second-order valence-corrected chi connectivity index (χ2v) is 5.82. The number of benzene rings is 2. The van der Waals surface area contributed by atoms with Crippen molar-refractivity contribution >= 4 is 43.2 Å². The van der Waals surface area contributed by atoms with E-state index in [9.17, 15) is 13.3 Å². The van der Waals surface area contributed by atoms with Crippen molar-refractivity contribution in [2.24, 2.45) is 0 Å². The first-order chi connectivity index (χ1) is 10.1. The van der Waals surface area contributed by atoms with E-state index >= 15 is 0 Å². The van der Waals surface area contributed by atoms with Crippen LogP contribution in [0.25, 0.3) is 0 Å². The first-order valence-electron chi connectivity index (χ1n) is 6.21. The molecule has 0 unspecified atom stereocenters. The molecule has 0 fully saturated rings. The van der Waals surface area contributed by atoms with Crippen molar-refractivity contribution < 1.29 is 13.3 Å². The summed E-state index contributed by atoms with van der Waals surface area (Å²) in [4.78, 5) is 23.0. The fraction of sp³-hybridized carbons (Fsp3) is 0.0667. The number of hydrogen-bond donors (Lipinski definition) is 2. The standard InChI is InChI=1S/C15H13AsN2O3/c1-10(19)17-13-6-2-11(3-7-13)15(20)18-14-8-4-12(16-21)5-9-14/h2-9H,1H3,(H,17,19)(H,18,20). The molecule has 106 valence electrons. The van der Waals surface area contributed by atoms with E-state index in [2.05, 4.69) is 10.6 Å². The number of amides is 2. The van der Waals surface area contributed by atoms with Crippen LogP contribution in [-0.2, 0) is 8.53 Å². The average Bonchev–Trinajstić information content (AvgIpc) is 2.48. The Bertz CT molecular complexity index is 666. The fourth-order valence-corrected chi connectivity index (χ4v) is 2.29. The van der Waals surface area contributed by atoms with Crippen molar-refractivity contribution in [2.45, 2.75) is 6.92 Å². The van der Waals surface area contributed by atoms with Crippen LogP contribution in [0, 0.1) is 0 Å². The summed E-state index contributed by atoms with van der Waals surface area (Å²) in [7, 11) is 0. The zero-order valence-electron chi connectivity index (χ0n) is 11.3. The molecule has 2 rings (SSSR count). The third-order valence-corrected chi connectivity index (χ3v) is 3.77. The van der Waals surface area contributed by atoms with Gasteiger partial charge in [0.15, 0.2) is 0 Å². The number of hydrogen-bond acceptors (Lipinski definition) is 3. The first-order valence-corrected chi connectivity index (χ1v) is 7.91. The van der Waals surface area contributed by atoms with Crippen LogP contribution in [0.15, 0.2) is 48.5 Å². The third kappa shape index (κ3) is 4.36. The molecule has 2 N–H and O–H groups in total. The SMILES string of the molecule is CC(=O)Nc1ccc(C(=O)Nc2ccc([As]=O)cc2)cc1. The maximum atomic E-state index is 12.0. The minimum absolute atomic E-state index is 0.159. The van der Waals surface area contributed by atoms with E-state index < -0.39 is 15.7 Å². The molecule has 2 amide bonds. The topological polar surface area (TPSA) is 75.3 Å². The van der Waals surface area contributed by atoms with Gasteiger partial charge in [0.1, 0.15) is 0 Å². The number of rotatable bonds is 4. The van der Waals surface area contributed by atoms with Crippen LogP contribution < -0.4 is 15.0 Å². The summed E-state index contributed by atoms with van der Waals surface area (Å²) >= 11 is -1.04. The summed E-state index contributed by atoms with van der Waals surface area (Å²) in [5.41, 5.74) is 1.77. The van der Waals surface area contributed by atoms with Gasteiger partial charge in [-0.05, 0) is 0 Å². The number of carbonyl (C=O) groups excluding carboxylic acids is 2. The van der Waals surface area contributed by atoms with Gasteiger partial charge < -0.3 is 0 Å². The minimum atomic E-state index is -1.04. The van der Waals surface area contributed by atoms with E-state index in [1.807, 2.05) is 0 Å². The summed E-state index contributed by atoms with van der Waals surface area (Å²) in [6.45, 7) is 1.42. The molecule has 0 aliphatic heterocycles. The van der Waals surface area contributed by atoms with Crippen molar-refractivity contribution in [3.05, 3.63) is 54.1 Å². The molecular weight excluding hydrogens is 331 g/mol. The van der Waals surface area contributed by atoms with E-state index in [0.717, 1.165) is 4.35 Å². The van der Waals surface area contributed by atoms with E-state index in [0.29, 0.717) is 16.9 Å². The normalized spacial score (nSPS) is 10.1. The van der Waals surface area contributed by atoms with Gasteiger partial charge in [0.25, 0.3) is 0 Å². The van der Waals surface area contributed by atoms with Crippen molar-refractivity contribution in [1.82, 2.24) is 0 Å². The molecule has 0 saturated carbocycles. The number of anilines is 2. The predicted molar refractivity (Wildman–Crippen MR) is 81.2 cm³/mol. The molecule has 0 aliphatic rings. The van der Waals surface area contributed by atoms with Crippen LogP contribution in [0.3, 0.4) is 0 Å². The molecule has 2 aromatic carbocycles. The molecular formula is C15H13AsN2O3. The Morgan fingerprint density at radius 2 is 1.38 bits per heavy atom. The van der Waals surface area contributed by atoms with Gasteiger partial charge in [0.2, 0.25) is 0 Å². The Hall–Kier alpha value is -2.26. The second-order valence-electron chi connectivity index (χ2n) is 4.35. The van der Waals surface area contributed by atoms with Crippen LogP contribution in [0.2, 0.25) is 0 Å². The van der Waals surface area contributed by atoms with Crippen LogP contribution >= 0.6 is 0 Å². The summed E-state index contributed by atoms with van der Waals surface area (Å²) in [6, 6.07) is 13.5. The molecule has 0 heterocycles. The third-order valence-electron chi connectivity index (χ3n) is 2.70. The van der Waals surface area contributed by atoms with E-state index in [1.165, 1.54) is 6.92 Å². The van der Waals surface area contributed by atoms with Crippen LogP contribution in [0.4, 0.5) is 11.4 Å². The van der Waals surface area contributed by atoms with Crippen molar-refractivity contribution in [1.29, 1.82) is 0 Å². The molecule has 2 aromatic rings. The van der Waals surface area contributed by atoms with Gasteiger partial charge >= 0.3 is 116 Å². The maximum absolute atomic E-state index is 12.0. The molecule has 0 atom stereocenters. The Morgan fingerprint density at radius 1 is 0.857 bits per heavy atom. The number of carbonyl (C=O) groups is 2. The quantitative estimate of drug-likeness (QED) is 0.827. The first kappa shape index (κ1) is 15.1. The van der Waals surface area contributed by atoms with Gasteiger partial charge in [0, 0.05) is 6.92 Å². The Morgan fingerprint density at radius 3 is 1.90 bits per heavy atom. The van der Waals surface area contributed by atoms with Gasteiger partial charge in [0.05, 0.1) is 0 Å². The van der Waals surface area contributed by atoms with Crippen molar-refractivity contribution in [2.75, 3.05) is 10.6 Å². The Labute approximate surface area is 128 Å². The molecule has 0 saturated heterocycles. The van der Waals surface area contributed by atoms with Crippen LogP contribution in [0.5, 0.6) is 0 Å². The van der Waals surface area contributed by atoms with Gasteiger partial charge in [-0.3, -0.25) is 4.79 Å². The van der Waals surface area contributed by atoms with Gasteiger partial charge in [-0.1, -0.05) is 0 Å². The van der Waals surface area contributed by atoms with E-state index in [4.69, 9.17) is 0 Å². The number of nitrogens with one attached hydrogen (secondary N) is 2. The predicted octanol–water partition coefficient (Wildman–Crippen LogP) is 1.57. The zero-order chi connectivity index (χ0) is 15.2. The Kier molecular flexibility index (Phi) is 5.01. The molecule has 0 spiro atoms. The monoisotopic (exact) mass is 344 g/mol. The molecule has 0 bridgehead atoms. The molecule has 21 heavy (non-hydrogen) atoms. The van der Waals surface area contributed by atoms with Gasteiger partial charge in [-0.25, -0.2) is 0 Å². The summed E-state index contributed by atoms with van der Waals surface area (Å²) in [5.74, 6) is -0.402.